The Morgan fingerprint density at radius 2 is 1.41 bits per heavy atom. The highest BCUT2D eigenvalue weighted by Crippen LogP contribution is 2.70. The van der Waals surface area contributed by atoms with Crippen molar-refractivity contribution in [2.24, 2.45) is 46.3 Å². The van der Waals surface area contributed by atoms with Gasteiger partial charge in [0, 0.05) is 12.5 Å². The molecule has 0 amide bonds. The summed E-state index contributed by atoms with van der Waals surface area (Å²) >= 11 is 0. The Morgan fingerprint density at radius 3 is 2.13 bits per heavy atom. The SMILES string of the molecule is C[C@H]1CN[C@@]2(O[C@H]3C[C@@H]4[C@@H]5CC=C6C[C@@H](O[C@H]7[C@@H](O)[C@@H](CO)O[C@@H](O[C@@H]8[C@@H](O)[C@H](O)O[C@H](CO)[C@H]8O)[C@@H]7O[C@@H]7O[C@@H](C)[C@H](O)[C@@H](O)[C@H]7O)CC[C@]6(C)[C@@H]5CC[C@]4(C)[C@H]3[C@@H]2C)[C@@H](O)C1. The summed E-state index contributed by atoms with van der Waals surface area (Å²) in [6, 6.07) is 0. The molecule has 0 unspecified atom stereocenters. The lowest BCUT2D eigenvalue weighted by Crippen LogP contribution is -2.67. The van der Waals surface area contributed by atoms with Crippen molar-refractivity contribution in [2.75, 3.05) is 19.8 Å². The van der Waals surface area contributed by atoms with Gasteiger partial charge in [-0.3, -0.25) is 5.32 Å². The second-order valence-corrected chi connectivity index (χ2v) is 21.3. The fraction of sp³-hybridized carbons (Fsp3) is 0.956. The second kappa shape index (κ2) is 17.5. The molecule has 0 bridgehead atoms. The Morgan fingerprint density at radius 1 is 0.714 bits per heavy atom. The van der Waals surface area contributed by atoms with E-state index >= 15 is 0 Å². The van der Waals surface area contributed by atoms with Gasteiger partial charge in [-0.1, -0.05) is 39.3 Å². The van der Waals surface area contributed by atoms with Gasteiger partial charge < -0.3 is 84.2 Å². The molecule has 8 fully saturated rings. The van der Waals surface area contributed by atoms with Crippen LogP contribution >= 0.6 is 0 Å². The van der Waals surface area contributed by atoms with Crippen LogP contribution < -0.4 is 5.32 Å². The van der Waals surface area contributed by atoms with Crippen LogP contribution in [-0.2, 0) is 33.2 Å². The van der Waals surface area contributed by atoms with Crippen LogP contribution in [0, 0.1) is 46.3 Å². The van der Waals surface area contributed by atoms with Crippen LogP contribution in [0.2, 0.25) is 0 Å². The highest BCUT2D eigenvalue weighted by molar-refractivity contribution is 5.27. The number of aliphatic hydroxyl groups is 10. The number of fused-ring (bicyclic) bond motifs is 7. The van der Waals surface area contributed by atoms with Crippen molar-refractivity contribution in [1.29, 1.82) is 0 Å². The van der Waals surface area contributed by atoms with Gasteiger partial charge in [0.25, 0.3) is 0 Å². The van der Waals surface area contributed by atoms with Crippen LogP contribution in [0.25, 0.3) is 0 Å². The smallest absolute Gasteiger partial charge is 0.187 e. The van der Waals surface area contributed by atoms with E-state index in [1.54, 1.807) is 0 Å². The molecule has 5 heterocycles. The fourth-order valence-electron chi connectivity index (χ4n) is 14.4. The molecule has 0 radical (unpaired) electrons. The molecule has 11 N–H and O–H groups in total. The molecule has 27 atom stereocenters. The van der Waals surface area contributed by atoms with Gasteiger partial charge in [0.15, 0.2) is 18.9 Å². The van der Waals surface area contributed by atoms with Gasteiger partial charge >= 0.3 is 0 Å². The molecule has 1 spiro atoms. The Hall–Kier alpha value is -0.980. The van der Waals surface area contributed by atoms with Gasteiger partial charge in [-0.25, -0.2) is 0 Å². The molecule has 18 heteroatoms. The first-order valence-electron chi connectivity index (χ1n) is 23.6. The molecule has 18 nitrogen and oxygen atoms in total. The molecule has 5 saturated heterocycles. The van der Waals surface area contributed by atoms with Crippen LogP contribution in [0.15, 0.2) is 11.6 Å². The Kier molecular flexibility index (Phi) is 13.1. The van der Waals surface area contributed by atoms with E-state index < -0.39 is 123 Å². The fourth-order valence-corrected chi connectivity index (χ4v) is 14.4. The van der Waals surface area contributed by atoms with Crippen molar-refractivity contribution in [3.63, 3.8) is 0 Å². The average Bonchev–Trinajstić information content (AvgIpc) is 3.71. The summed E-state index contributed by atoms with van der Waals surface area (Å²) in [7, 11) is 0. The largest absolute Gasteiger partial charge is 0.394 e. The molecule has 360 valence electrons. The summed E-state index contributed by atoms with van der Waals surface area (Å²) in [6.45, 7) is 10.2. The van der Waals surface area contributed by atoms with Gasteiger partial charge in [0.2, 0.25) is 0 Å². The molecule has 0 aromatic rings. The monoisotopic (exact) mass is 899 g/mol. The van der Waals surface area contributed by atoms with Crippen LogP contribution in [0.1, 0.15) is 86.0 Å². The Labute approximate surface area is 368 Å². The lowest BCUT2D eigenvalue weighted by atomic mass is 9.46. The second-order valence-electron chi connectivity index (χ2n) is 21.3. The number of aliphatic hydroxyl groups excluding tert-OH is 10. The number of hydrogen-bond donors (Lipinski definition) is 11. The predicted octanol–water partition coefficient (Wildman–Crippen LogP) is -1.24. The summed E-state index contributed by atoms with van der Waals surface area (Å²) in [6.07, 6.45) is -14.9. The number of nitrogens with one attached hydrogen (secondary N) is 1. The third-order valence-corrected chi connectivity index (χ3v) is 17.9. The van der Waals surface area contributed by atoms with Crippen molar-refractivity contribution < 1.29 is 84.2 Å². The van der Waals surface area contributed by atoms with E-state index in [1.165, 1.54) is 12.5 Å². The average molecular weight is 900 g/mol. The minimum atomic E-state index is -1.86. The third-order valence-electron chi connectivity index (χ3n) is 17.9. The van der Waals surface area contributed by atoms with E-state index in [0.717, 1.165) is 45.1 Å². The minimum Gasteiger partial charge on any atom is -0.394 e. The summed E-state index contributed by atoms with van der Waals surface area (Å²) in [4.78, 5) is 0. The topological polar surface area (TPSA) is 279 Å². The van der Waals surface area contributed by atoms with Crippen molar-refractivity contribution in [3.8, 4) is 0 Å². The molecule has 63 heavy (non-hydrogen) atoms. The number of ether oxygens (including phenoxy) is 7. The number of hydrogen-bond acceptors (Lipinski definition) is 18. The summed E-state index contributed by atoms with van der Waals surface area (Å²) < 4.78 is 43.1. The first-order chi connectivity index (χ1) is 29.9. The van der Waals surface area contributed by atoms with Gasteiger partial charge in [-0.15, -0.1) is 0 Å². The molecule has 5 aliphatic heterocycles. The molecule has 3 saturated carbocycles. The third kappa shape index (κ3) is 7.62. The number of piperidine rings is 1. The van der Waals surface area contributed by atoms with E-state index in [4.69, 9.17) is 33.2 Å². The molecule has 9 rings (SSSR count). The Bertz CT molecular complexity index is 1660. The van der Waals surface area contributed by atoms with Gasteiger partial charge in [-0.2, -0.15) is 0 Å². The van der Waals surface area contributed by atoms with Gasteiger partial charge in [0.05, 0.1) is 37.6 Å². The zero-order chi connectivity index (χ0) is 45.1. The lowest BCUT2D eigenvalue weighted by Gasteiger charge is -2.59. The summed E-state index contributed by atoms with van der Waals surface area (Å²) in [5.74, 6) is 2.35. The quantitative estimate of drug-likeness (QED) is 0.127. The van der Waals surface area contributed by atoms with Crippen molar-refractivity contribution in [2.45, 2.75) is 202 Å². The van der Waals surface area contributed by atoms with E-state index in [1.807, 2.05) is 0 Å². The number of rotatable bonds is 8. The van der Waals surface area contributed by atoms with Crippen molar-refractivity contribution >= 4 is 0 Å². The summed E-state index contributed by atoms with van der Waals surface area (Å²) in [5, 5.41) is 112. The van der Waals surface area contributed by atoms with Gasteiger partial charge in [0.1, 0.15) is 72.9 Å². The highest BCUT2D eigenvalue weighted by Gasteiger charge is 2.70. The van der Waals surface area contributed by atoms with Crippen LogP contribution in [0.3, 0.4) is 0 Å². The lowest BCUT2D eigenvalue weighted by molar-refractivity contribution is -0.391. The van der Waals surface area contributed by atoms with E-state index in [0.29, 0.717) is 42.4 Å². The standard InChI is InChI=1S/C45H73NO17/c1-18-12-29(49)45(46-15-18)19(2)30-26(63-45)14-25-23-7-6-21-13-22(8-10-43(21,4)24(23)9-11-44(25,30)5)58-38-33(52)28(17-48)60-42(61-37-32(51)27(16-47)59-40(56)36(37)55)39(38)62-41-35(54)34(53)31(50)20(3)57-41/h6,18-20,22-42,46-56H,7-17H2,1-5H3/t18-,19+,20+,22+,23-,24-,25-,26+,27-,28-,29+,30+,31+,32-,33+,34-,35-,36-,37+,38+,39-,40-,41+,42+,43+,44+,45+/m1/s1. The molecular weight excluding hydrogens is 826 g/mol. The van der Waals surface area contributed by atoms with Gasteiger partial charge in [-0.05, 0) is 98.7 Å². The van der Waals surface area contributed by atoms with Crippen LogP contribution in [0.5, 0.6) is 0 Å². The Balaban J connectivity index is 0.948. The van der Waals surface area contributed by atoms with E-state index in [-0.39, 0.29) is 22.9 Å². The summed E-state index contributed by atoms with van der Waals surface area (Å²) in [5.41, 5.74) is 0.593. The van der Waals surface area contributed by atoms with Crippen molar-refractivity contribution in [1.82, 2.24) is 5.32 Å². The molecule has 4 aliphatic carbocycles. The highest BCUT2D eigenvalue weighted by atomic mass is 16.8. The van der Waals surface area contributed by atoms with E-state index in [9.17, 15) is 51.1 Å². The maximum atomic E-state index is 11.8. The zero-order valence-corrected chi connectivity index (χ0v) is 37.0. The molecular formula is C45H73NO17. The first kappa shape index (κ1) is 47.1. The zero-order valence-electron chi connectivity index (χ0n) is 37.0. The normalized spacial score (nSPS) is 58.1. The van der Waals surface area contributed by atoms with Crippen LogP contribution in [-0.4, -0.2) is 187 Å². The minimum absolute atomic E-state index is 0.0900. The maximum absolute atomic E-state index is 11.8. The maximum Gasteiger partial charge on any atom is 0.187 e. The number of allylic oxidation sites excluding steroid dienone is 1. The van der Waals surface area contributed by atoms with Crippen molar-refractivity contribution in [3.05, 3.63) is 11.6 Å². The first-order valence-corrected chi connectivity index (χ1v) is 23.6. The molecule has 0 aromatic heterocycles. The van der Waals surface area contributed by atoms with E-state index in [2.05, 4.69) is 39.1 Å². The molecule has 0 aromatic carbocycles. The predicted molar refractivity (Wildman–Crippen MR) is 218 cm³/mol. The molecule has 9 aliphatic rings. The van der Waals surface area contributed by atoms with Crippen LogP contribution in [0.4, 0.5) is 0 Å².